The summed E-state index contributed by atoms with van der Waals surface area (Å²) in [5.74, 6) is 0.300. The van der Waals surface area contributed by atoms with Gasteiger partial charge in [0, 0.05) is 32.8 Å². The van der Waals surface area contributed by atoms with Gasteiger partial charge < -0.3 is 14.5 Å². The second-order valence-electron chi connectivity index (χ2n) is 7.90. The van der Waals surface area contributed by atoms with E-state index in [1.54, 1.807) is 18.0 Å². The highest BCUT2D eigenvalue weighted by molar-refractivity contribution is 5.91. The molecule has 2 rings (SSSR count). The topological polar surface area (TPSA) is 49.9 Å². The molecule has 0 aromatic heterocycles. The van der Waals surface area contributed by atoms with Crippen LogP contribution >= 0.6 is 0 Å². The lowest BCUT2D eigenvalue weighted by Gasteiger charge is -2.34. The minimum atomic E-state index is -0.498. The predicted molar refractivity (Wildman–Crippen MR) is 104 cm³/mol. The molecule has 1 heterocycles. The molecule has 1 aromatic rings. The number of hydrogen-bond donors (Lipinski definition) is 0. The molecule has 1 aromatic carbocycles. The van der Waals surface area contributed by atoms with E-state index in [4.69, 9.17) is 4.74 Å². The first-order chi connectivity index (χ1) is 12.2. The number of likely N-dealkylation sites (tertiary alicyclic amines) is 1. The van der Waals surface area contributed by atoms with E-state index in [-0.39, 0.29) is 17.9 Å². The molecule has 142 valence electrons. The summed E-state index contributed by atoms with van der Waals surface area (Å²) in [5, 5.41) is 0. The molecule has 0 spiro atoms. The van der Waals surface area contributed by atoms with E-state index < -0.39 is 5.60 Å². The highest BCUT2D eigenvalue weighted by atomic mass is 16.6. The minimum Gasteiger partial charge on any atom is -0.444 e. The second-order valence-corrected chi connectivity index (χ2v) is 7.90. The van der Waals surface area contributed by atoms with Crippen molar-refractivity contribution >= 4 is 18.1 Å². The number of carbonyl (C=O) groups excluding carboxylic acids is 2. The third-order valence-corrected chi connectivity index (χ3v) is 4.29. The van der Waals surface area contributed by atoms with Gasteiger partial charge in [0.2, 0.25) is 5.91 Å². The monoisotopic (exact) mass is 358 g/mol. The Morgan fingerprint density at radius 2 is 1.96 bits per heavy atom. The Kier molecular flexibility index (Phi) is 6.83. The van der Waals surface area contributed by atoms with Crippen LogP contribution in [0.15, 0.2) is 36.4 Å². The zero-order valence-corrected chi connectivity index (χ0v) is 16.3. The fourth-order valence-corrected chi connectivity index (χ4v) is 3.05. The van der Waals surface area contributed by atoms with Crippen LogP contribution in [-0.4, -0.2) is 54.1 Å². The van der Waals surface area contributed by atoms with Crippen LogP contribution in [0.25, 0.3) is 6.08 Å². The fourth-order valence-electron chi connectivity index (χ4n) is 3.05. The van der Waals surface area contributed by atoms with Gasteiger partial charge in [-0.1, -0.05) is 30.3 Å². The van der Waals surface area contributed by atoms with Gasteiger partial charge >= 0.3 is 6.09 Å². The molecule has 0 N–H and O–H groups in total. The predicted octanol–water partition coefficient (Wildman–Crippen LogP) is 3.81. The Balaban J connectivity index is 1.87. The average molecular weight is 358 g/mol. The van der Waals surface area contributed by atoms with Crippen molar-refractivity contribution in [1.82, 2.24) is 9.80 Å². The van der Waals surface area contributed by atoms with Crippen molar-refractivity contribution < 1.29 is 14.3 Å². The maximum Gasteiger partial charge on any atom is 0.410 e. The van der Waals surface area contributed by atoms with Gasteiger partial charge in [-0.3, -0.25) is 4.79 Å². The summed E-state index contributed by atoms with van der Waals surface area (Å²) in [5.41, 5.74) is 0.515. The molecule has 0 bridgehead atoms. The molecule has 1 saturated heterocycles. The van der Waals surface area contributed by atoms with Crippen molar-refractivity contribution in [2.24, 2.45) is 5.92 Å². The molecule has 5 nitrogen and oxygen atoms in total. The van der Waals surface area contributed by atoms with Gasteiger partial charge in [-0.15, -0.1) is 0 Å². The number of carbonyl (C=O) groups is 2. The van der Waals surface area contributed by atoms with Crippen LogP contribution in [0, 0.1) is 5.92 Å². The molecular formula is C21H30N2O3. The number of rotatable bonds is 4. The highest BCUT2D eigenvalue weighted by Gasteiger charge is 2.26. The van der Waals surface area contributed by atoms with Crippen LogP contribution in [0.1, 0.15) is 39.2 Å². The first-order valence-corrected chi connectivity index (χ1v) is 9.21. The molecule has 0 aliphatic carbocycles. The van der Waals surface area contributed by atoms with E-state index in [0.717, 1.165) is 24.9 Å². The van der Waals surface area contributed by atoms with E-state index >= 15 is 0 Å². The van der Waals surface area contributed by atoms with E-state index in [1.165, 1.54) is 0 Å². The molecule has 0 radical (unpaired) electrons. The molecule has 1 unspecified atom stereocenters. The van der Waals surface area contributed by atoms with Crippen LogP contribution in [0.2, 0.25) is 0 Å². The zero-order valence-electron chi connectivity index (χ0n) is 16.3. The molecule has 1 fully saturated rings. The Morgan fingerprint density at radius 1 is 1.27 bits per heavy atom. The maximum atomic E-state index is 12.5. The van der Waals surface area contributed by atoms with Crippen molar-refractivity contribution in [3.8, 4) is 0 Å². The third kappa shape index (κ3) is 6.54. The first-order valence-electron chi connectivity index (χ1n) is 9.21. The Hall–Kier alpha value is -2.30. The molecule has 1 aliphatic rings. The maximum absolute atomic E-state index is 12.5. The normalized spacial score (nSPS) is 18.0. The van der Waals surface area contributed by atoms with Gasteiger partial charge in [-0.05, 0) is 51.2 Å². The smallest absolute Gasteiger partial charge is 0.410 e. The number of amides is 2. The molecule has 26 heavy (non-hydrogen) atoms. The van der Waals surface area contributed by atoms with Crippen LogP contribution < -0.4 is 0 Å². The summed E-state index contributed by atoms with van der Waals surface area (Å²) >= 11 is 0. The van der Waals surface area contributed by atoms with Crippen molar-refractivity contribution in [1.29, 1.82) is 0 Å². The van der Waals surface area contributed by atoms with Gasteiger partial charge in [0.25, 0.3) is 0 Å². The van der Waals surface area contributed by atoms with Gasteiger partial charge in [-0.25, -0.2) is 4.79 Å². The lowest BCUT2D eigenvalue weighted by molar-refractivity contribution is -0.127. The largest absolute Gasteiger partial charge is 0.444 e. The highest BCUT2D eigenvalue weighted by Crippen LogP contribution is 2.19. The summed E-state index contributed by atoms with van der Waals surface area (Å²) in [6.45, 7) is 7.62. The number of benzene rings is 1. The lowest BCUT2D eigenvalue weighted by Crippen LogP contribution is -2.44. The van der Waals surface area contributed by atoms with Crippen molar-refractivity contribution in [3.63, 3.8) is 0 Å². The lowest BCUT2D eigenvalue weighted by atomic mass is 9.97. The van der Waals surface area contributed by atoms with Crippen molar-refractivity contribution in [2.45, 2.75) is 39.2 Å². The SMILES string of the molecule is CN(CC1CCCN(C(=O)C=Cc2ccccc2)C1)C(=O)OC(C)(C)C. The van der Waals surface area contributed by atoms with E-state index in [0.29, 0.717) is 13.1 Å². The van der Waals surface area contributed by atoms with Gasteiger partial charge in [0.15, 0.2) is 0 Å². The quantitative estimate of drug-likeness (QED) is 0.769. The summed E-state index contributed by atoms with van der Waals surface area (Å²) in [4.78, 5) is 28.1. The van der Waals surface area contributed by atoms with E-state index in [1.807, 2.05) is 62.1 Å². The van der Waals surface area contributed by atoms with Crippen LogP contribution in [-0.2, 0) is 9.53 Å². The Bertz CT molecular complexity index is 634. The Labute approximate surface area is 156 Å². The summed E-state index contributed by atoms with van der Waals surface area (Å²) in [6, 6.07) is 9.80. The molecule has 5 heteroatoms. The standard InChI is InChI=1S/C21H30N2O3/c1-21(2,3)26-20(25)22(4)15-18-11-8-14-23(16-18)19(24)13-12-17-9-6-5-7-10-17/h5-7,9-10,12-13,18H,8,11,14-16H2,1-4H3. The van der Waals surface area contributed by atoms with Gasteiger partial charge in [0.1, 0.15) is 5.60 Å². The fraction of sp³-hybridized carbons (Fsp3) is 0.524. The van der Waals surface area contributed by atoms with Crippen molar-refractivity contribution in [2.75, 3.05) is 26.7 Å². The minimum absolute atomic E-state index is 0.0264. The third-order valence-electron chi connectivity index (χ3n) is 4.29. The molecule has 1 aliphatic heterocycles. The summed E-state index contributed by atoms with van der Waals surface area (Å²) in [7, 11) is 1.75. The number of hydrogen-bond acceptors (Lipinski definition) is 3. The van der Waals surface area contributed by atoms with Crippen LogP contribution in [0.3, 0.4) is 0 Å². The summed E-state index contributed by atoms with van der Waals surface area (Å²) in [6.07, 6.45) is 5.13. The van der Waals surface area contributed by atoms with E-state index in [2.05, 4.69) is 0 Å². The van der Waals surface area contributed by atoms with Crippen molar-refractivity contribution in [3.05, 3.63) is 42.0 Å². The summed E-state index contributed by atoms with van der Waals surface area (Å²) < 4.78 is 5.40. The van der Waals surface area contributed by atoms with Crippen LogP contribution in [0.5, 0.6) is 0 Å². The number of ether oxygens (including phenoxy) is 1. The van der Waals surface area contributed by atoms with Gasteiger partial charge in [-0.2, -0.15) is 0 Å². The van der Waals surface area contributed by atoms with Crippen LogP contribution in [0.4, 0.5) is 4.79 Å². The molecular weight excluding hydrogens is 328 g/mol. The molecule has 1 atom stereocenters. The Morgan fingerprint density at radius 3 is 2.62 bits per heavy atom. The second kappa shape index (κ2) is 8.88. The van der Waals surface area contributed by atoms with E-state index in [9.17, 15) is 9.59 Å². The average Bonchev–Trinajstić information content (AvgIpc) is 2.59. The van der Waals surface area contributed by atoms with Gasteiger partial charge in [0.05, 0.1) is 0 Å². The molecule has 2 amide bonds. The first kappa shape index (κ1) is 20.0. The number of nitrogens with zero attached hydrogens (tertiary/aromatic N) is 2. The zero-order chi connectivity index (χ0) is 19.2. The number of piperidine rings is 1. The molecule has 0 saturated carbocycles.